The van der Waals surface area contributed by atoms with Gasteiger partial charge in [-0.2, -0.15) is 0 Å². The molecule has 3 rings (SSSR count). The maximum Gasteiger partial charge on any atom is 0.182 e. The van der Waals surface area contributed by atoms with Gasteiger partial charge in [0.2, 0.25) is 0 Å². The van der Waals surface area contributed by atoms with Crippen molar-refractivity contribution in [2.75, 3.05) is 23.7 Å². The van der Waals surface area contributed by atoms with Crippen LogP contribution in [0.3, 0.4) is 0 Å². The molecular weight excluding hydrogens is 220 g/mol. The summed E-state index contributed by atoms with van der Waals surface area (Å²) >= 11 is 1.47. The van der Waals surface area contributed by atoms with Gasteiger partial charge in [0.05, 0.1) is 0 Å². The van der Waals surface area contributed by atoms with Crippen LogP contribution in [-0.2, 0) is 0 Å². The third-order valence-electron chi connectivity index (χ3n) is 2.99. The van der Waals surface area contributed by atoms with E-state index in [1.165, 1.54) is 29.7 Å². The lowest BCUT2D eigenvalue weighted by Gasteiger charge is -2.16. The number of rotatable bonds is 1. The van der Waals surface area contributed by atoms with Gasteiger partial charge in [-0.05, 0) is 31.4 Å². The van der Waals surface area contributed by atoms with Gasteiger partial charge in [0.15, 0.2) is 5.13 Å². The fourth-order valence-electron chi connectivity index (χ4n) is 2.17. The van der Waals surface area contributed by atoms with Crippen molar-refractivity contribution in [3.63, 3.8) is 0 Å². The number of aryl methyl sites for hydroxylation is 1. The third kappa shape index (κ3) is 1.51. The standard InChI is InChI=1S/C11H14N4S/c1-7-6-8(15-4-2-3-5-15)13-10-9(7)14-11(12)16-10/h6H,2-5H2,1H3,(H2,12,14). The molecule has 0 aromatic carbocycles. The van der Waals surface area contributed by atoms with Crippen LogP contribution < -0.4 is 10.6 Å². The van der Waals surface area contributed by atoms with E-state index in [1.54, 1.807) is 0 Å². The van der Waals surface area contributed by atoms with Crippen molar-refractivity contribution in [2.24, 2.45) is 0 Å². The van der Waals surface area contributed by atoms with Gasteiger partial charge >= 0.3 is 0 Å². The molecule has 2 aromatic rings. The normalized spacial score (nSPS) is 16.2. The van der Waals surface area contributed by atoms with E-state index in [-0.39, 0.29) is 0 Å². The molecule has 3 heterocycles. The first-order valence-electron chi connectivity index (χ1n) is 5.52. The number of hydrogen-bond acceptors (Lipinski definition) is 5. The van der Waals surface area contributed by atoms with Crippen LogP contribution in [0.2, 0.25) is 0 Å². The van der Waals surface area contributed by atoms with Gasteiger partial charge in [0.1, 0.15) is 16.2 Å². The predicted molar refractivity (Wildman–Crippen MR) is 68.0 cm³/mol. The number of nitrogen functional groups attached to an aromatic ring is 1. The highest BCUT2D eigenvalue weighted by atomic mass is 32.1. The Morgan fingerprint density at radius 2 is 2.06 bits per heavy atom. The van der Waals surface area contributed by atoms with Crippen molar-refractivity contribution in [3.8, 4) is 0 Å². The Morgan fingerprint density at radius 3 is 2.81 bits per heavy atom. The van der Waals surface area contributed by atoms with Crippen molar-refractivity contribution in [1.29, 1.82) is 0 Å². The Bertz CT molecular complexity index is 528. The summed E-state index contributed by atoms with van der Waals surface area (Å²) in [5.41, 5.74) is 7.83. The average Bonchev–Trinajstić information content (AvgIpc) is 2.84. The van der Waals surface area contributed by atoms with Gasteiger partial charge in [-0.3, -0.25) is 0 Å². The molecule has 16 heavy (non-hydrogen) atoms. The molecule has 1 aliphatic rings. The van der Waals surface area contributed by atoms with E-state index >= 15 is 0 Å². The van der Waals surface area contributed by atoms with Crippen LogP contribution in [0.15, 0.2) is 6.07 Å². The lowest BCUT2D eigenvalue weighted by molar-refractivity contribution is 0.943. The number of fused-ring (bicyclic) bond motifs is 1. The summed E-state index contributed by atoms with van der Waals surface area (Å²) in [5.74, 6) is 1.08. The fourth-order valence-corrected chi connectivity index (χ4v) is 2.94. The van der Waals surface area contributed by atoms with Crippen molar-refractivity contribution in [2.45, 2.75) is 19.8 Å². The van der Waals surface area contributed by atoms with Crippen LogP contribution in [0.25, 0.3) is 10.3 Å². The van der Waals surface area contributed by atoms with Gasteiger partial charge in [-0.25, -0.2) is 9.97 Å². The lowest BCUT2D eigenvalue weighted by atomic mass is 10.2. The smallest absolute Gasteiger partial charge is 0.182 e. The van der Waals surface area contributed by atoms with Gasteiger partial charge < -0.3 is 10.6 Å². The van der Waals surface area contributed by atoms with Crippen LogP contribution in [0, 0.1) is 6.92 Å². The molecule has 0 spiro atoms. The molecule has 4 nitrogen and oxygen atoms in total. The molecule has 0 saturated carbocycles. The molecular formula is C11H14N4S. The van der Waals surface area contributed by atoms with Crippen LogP contribution >= 0.6 is 11.3 Å². The minimum Gasteiger partial charge on any atom is -0.375 e. The van der Waals surface area contributed by atoms with Crippen molar-refractivity contribution in [3.05, 3.63) is 11.6 Å². The fraction of sp³-hybridized carbons (Fsp3) is 0.455. The molecule has 1 aliphatic heterocycles. The van der Waals surface area contributed by atoms with E-state index in [1.807, 2.05) is 0 Å². The zero-order chi connectivity index (χ0) is 11.1. The monoisotopic (exact) mass is 234 g/mol. The summed E-state index contributed by atoms with van der Waals surface area (Å²) in [4.78, 5) is 12.2. The van der Waals surface area contributed by atoms with Gasteiger partial charge in [-0.1, -0.05) is 11.3 Å². The van der Waals surface area contributed by atoms with E-state index in [2.05, 4.69) is 27.9 Å². The van der Waals surface area contributed by atoms with E-state index in [0.29, 0.717) is 5.13 Å². The van der Waals surface area contributed by atoms with Crippen molar-refractivity contribution >= 4 is 32.6 Å². The summed E-state index contributed by atoms with van der Waals surface area (Å²) in [5, 5.41) is 0.601. The molecule has 0 unspecified atom stereocenters. The predicted octanol–water partition coefficient (Wildman–Crippen LogP) is 2.18. The summed E-state index contributed by atoms with van der Waals surface area (Å²) in [7, 11) is 0. The molecule has 1 fully saturated rings. The molecule has 0 aliphatic carbocycles. The summed E-state index contributed by atoms with van der Waals surface area (Å²) in [6, 6.07) is 2.12. The second kappa shape index (κ2) is 3.59. The molecule has 0 bridgehead atoms. The SMILES string of the molecule is Cc1cc(N2CCCC2)nc2sc(N)nc12. The highest BCUT2D eigenvalue weighted by molar-refractivity contribution is 7.21. The molecule has 84 valence electrons. The summed E-state index contributed by atoms with van der Waals surface area (Å²) in [6.45, 7) is 4.31. The quantitative estimate of drug-likeness (QED) is 0.821. The Labute approximate surface area is 98.1 Å². The maximum atomic E-state index is 5.72. The molecule has 0 atom stereocenters. The highest BCUT2D eigenvalue weighted by Gasteiger charge is 2.16. The average molecular weight is 234 g/mol. The highest BCUT2D eigenvalue weighted by Crippen LogP contribution is 2.29. The van der Waals surface area contributed by atoms with Crippen LogP contribution in [0.5, 0.6) is 0 Å². The Hall–Kier alpha value is -1.36. The Balaban J connectivity index is 2.12. The van der Waals surface area contributed by atoms with Crippen molar-refractivity contribution in [1.82, 2.24) is 9.97 Å². The minimum atomic E-state index is 0.601. The minimum absolute atomic E-state index is 0.601. The molecule has 5 heteroatoms. The topological polar surface area (TPSA) is 55.0 Å². The van der Waals surface area contributed by atoms with E-state index in [4.69, 9.17) is 5.73 Å². The number of hydrogen-bond donors (Lipinski definition) is 1. The number of aromatic nitrogens is 2. The Kier molecular flexibility index (Phi) is 2.21. The largest absolute Gasteiger partial charge is 0.375 e. The van der Waals surface area contributed by atoms with Crippen LogP contribution in [0.1, 0.15) is 18.4 Å². The molecule has 2 N–H and O–H groups in total. The third-order valence-corrected chi connectivity index (χ3v) is 3.77. The lowest BCUT2D eigenvalue weighted by Crippen LogP contribution is -2.18. The van der Waals surface area contributed by atoms with Crippen molar-refractivity contribution < 1.29 is 0 Å². The molecule has 0 radical (unpaired) electrons. The first kappa shape index (κ1) is 9.84. The number of nitrogens with two attached hydrogens (primary N) is 1. The van der Waals surface area contributed by atoms with Gasteiger partial charge in [-0.15, -0.1) is 0 Å². The second-order valence-corrected chi connectivity index (χ2v) is 5.21. The second-order valence-electron chi connectivity index (χ2n) is 4.20. The zero-order valence-electron chi connectivity index (χ0n) is 9.23. The van der Waals surface area contributed by atoms with Gasteiger partial charge in [0, 0.05) is 13.1 Å². The van der Waals surface area contributed by atoms with Gasteiger partial charge in [0.25, 0.3) is 0 Å². The number of anilines is 2. The maximum absolute atomic E-state index is 5.72. The number of pyridine rings is 1. The van der Waals surface area contributed by atoms with E-state index in [0.717, 1.165) is 29.3 Å². The Morgan fingerprint density at radius 1 is 1.31 bits per heavy atom. The summed E-state index contributed by atoms with van der Waals surface area (Å²) in [6.07, 6.45) is 2.53. The zero-order valence-corrected chi connectivity index (χ0v) is 10.0. The van der Waals surface area contributed by atoms with E-state index < -0.39 is 0 Å². The van der Waals surface area contributed by atoms with Crippen LogP contribution in [0.4, 0.5) is 10.9 Å². The first-order chi connectivity index (χ1) is 7.74. The molecule has 2 aromatic heterocycles. The molecule has 1 saturated heterocycles. The number of nitrogens with zero attached hydrogens (tertiary/aromatic N) is 3. The first-order valence-corrected chi connectivity index (χ1v) is 6.34. The van der Waals surface area contributed by atoms with Crippen LogP contribution in [-0.4, -0.2) is 23.1 Å². The summed E-state index contributed by atoms with van der Waals surface area (Å²) < 4.78 is 0. The number of thiazole rings is 1. The molecule has 0 amide bonds. The van der Waals surface area contributed by atoms with E-state index in [9.17, 15) is 0 Å².